The standard InChI is InChI=1S/C19H28N4O3.HI/c1-18(2,3)23-16(24)10-21-17(20-4)22-11-19(7-8-19)13-5-6-14-15(9-13)26-12-25-14;/h5-6,9H,7-8,10-12H2,1-4H3,(H,23,24)(H2,20,21,22);1H. The van der Waals surface area contributed by atoms with Crippen LogP contribution < -0.4 is 25.4 Å². The van der Waals surface area contributed by atoms with Gasteiger partial charge in [0.25, 0.3) is 0 Å². The van der Waals surface area contributed by atoms with E-state index in [1.165, 1.54) is 5.56 Å². The smallest absolute Gasteiger partial charge is 0.239 e. The number of halogens is 1. The lowest BCUT2D eigenvalue weighted by Crippen LogP contribution is -2.49. The van der Waals surface area contributed by atoms with Crippen molar-refractivity contribution in [3.63, 3.8) is 0 Å². The maximum atomic E-state index is 11.9. The molecule has 0 atom stereocenters. The minimum Gasteiger partial charge on any atom is -0.454 e. The summed E-state index contributed by atoms with van der Waals surface area (Å²) in [5, 5.41) is 9.33. The van der Waals surface area contributed by atoms with Crippen molar-refractivity contribution in [1.82, 2.24) is 16.0 Å². The third-order valence-electron chi connectivity index (χ3n) is 4.59. The quantitative estimate of drug-likeness (QED) is 0.336. The van der Waals surface area contributed by atoms with Crippen molar-refractivity contribution in [3.8, 4) is 11.5 Å². The number of nitrogens with zero attached hydrogens (tertiary/aromatic N) is 1. The molecule has 1 aromatic carbocycles. The molecule has 7 nitrogen and oxygen atoms in total. The largest absolute Gasteiger partial charge is 0.454 e. The Labute approximate surface area is 177 Å². The number of nitrogens with one attached hydrogen (secondary N) is 3. The molecule has 150 valence electrons. The summed E-state index contributed by atoms with van der Waals surface area (Å²) < 4.78 is 10.9. The third kappa shape index (κ3) is 5.63. The van der Waals surface area contributed by atoms with Crippen LogP contribution in [0.2, 0.25) is 0 Å². The van der Waals surface area contributed by atoms with Gasteiger partial charge in [0.05, 0.1) is 6.54 Å². The van der Waals surface area contributed by atoms with Crippen LogP contribution in [0.4, 0.5) is 0 Å². The van der Waals surface area contributed by atoms with Crippen LogP contribution in [0, 0.1) is 0 Å². The monoisotopic (exact) mass is 488 g/mol. The van der Waals surface area contributed by atoms with Gasteiger partial charge >= 0.3 is 0 Å². The summed E-state index contributed by atoms with van der Waals surface area (Å²) in [6.07, 6.45) is 2.22. The Morgan fingerprint density at radius 3 is 2.52 bits per heavy atom. The Balaban J connectivity index is 0.00000261. The molecule has 1 saturated carbocycles. The van der Waals surface area contributed by atoms with Crippen LogP contribution in [-0.2, 0) is 10.2 Å². The van der Waals surface area contributed by atoms with Gasteiger partial charge in [0.2, 0.25) is 12.7 Å². The van der Waals surface area contributed by atoms with Gasteiger partial charge in [-0.3, -0.25) is 9.79 Å². The van der Waals surface area contributed by atoms with Crippen molar-refractivity contribution in [2.24, 2.45) is 4.99 Å². The average Bonchev–Trinajstić information content (AvgIpc) is 3.22. The number of ether oxygens (including phenoxy) is 2. The topological polar surface area (TPSA) is 84.0 Å². The Morgan fingerprint density at radius 2 is 1.89 bits per heavy atom. The molecule has 1 aliphatic carbocycles. The molecule has 1 fully saturated rings. The predicted octanol–water partition coefficient (Wildman–Crippen LogP) is 2.14. The molecule has 1 aliphatic heterocycles. The number of aliphatic imine (C=N–C) groups is 1. The summed E-state index contributed by atoms with van der Waals surface area (Å²) >= 11 is 0. The fourth-order valence-electron chi connectivity index (χ4n) is 3.04. The second-order valence-electron chi connectivity index (χ2n) is 7.93. The van der Waals surface area contributed by atoms with Gasteiger partial charge in [-0.1, -0.05) is 6.07 Å². The Morgan fingerprint density at radius 1 is 1.19 bits per heavy atom. The molecule has 2 aliphatic rings. The minimum atomic E-state index is -0.243. The lowest BCUT2D eigenvalue weighted by atomic mass is 9.95. The zero-order valence-electron chi connectivity index (χ0n) is 16.3. The van der Waals surface area contributed by atoms with Crippen LogP contribution in [0.3, 0.4) is 0 Å². The molecule has 8 heteroatoms. The van der Waals surface area contributed by atoms with E-state index >= 15 is 0 Å². The molecule has 1 heterocycles. The maximum absolute atomic E-state index is 11.9. The Bertz CT molecular complexity index is 711. The number of benzene rings is 1. The van der Waals surface area contributed by atoms with Gasteiger partial charge in [-0.25, -0.2) is 0 Å². The number of carbonyl (C=O) groups excluding carboxylic acids is 1. The molecule has 3 N–H and O–H groups in total. The van der Waals surface area contributed by atoms with E-state index in [0.717, 1.165) is 30.9 Å². The number of hydrogen-bond acceptors (Lipinski definition) is 4. The second-order valence-corrected chi connectivity index (χ2v) is 7.93. The molecule has 0 bridgehead atoms. The Hall–Kier alpha value is -1.71. The number of hydrogen-bond donors (Lipinski definition) is 3. The van der Waals surface area contributed by atoms with Crippen LogP contribution in [0.25, 0.3) is 0 Å². The lowest BCUT2D eigenvalue weighted by Gasteiger charge is -2.22. The summed E-state index contributed by atoms with van der Waals surface area (Å²) in [6.45, 7) is 7.11. The first-order chi connectivity index (χ1) is 12.3. The number of guanidine groups is 1. The highest BCUT2D eigenvalue weighted by Crippen LogP contribution is 2.49. The molecule has 0 radical (unpaired) electrons. The van der Waals surface area contributed by atoms with E-state index in [0.29, 0.717) is 5.96 Å². The van der Waals surface area contributed by atoms with E-state index in [1.54, 1.807) is 7.05 Å². The van der Waals surface area contributed by atoms with Crippen molar-refractivity contribution < 1.29 is 14.3 Å². The first kappa shape index (κ1) is 21.6. The van der Waals surface area contributed by atoms with E-state index in [4.69, 9.17) is 9.47 Å². The molecule has 0 unspecified atom stereocenters. The van der Waals surface area contributed by atoms with Gasteiger partial charge in [-0.15, -0.1) is 24.0 Å². The molecule has 27 heavy (non-hydrogen) atoms. The number of rotatable bonds is 5. The predicted molar refractivity (Wildman–Crippen MR) is 116 cm³/mol. The lowest BCUT2D eigenvalue weighted by molar-refractivity contribution is -0.121. The van der Waals surface area contributed by atoms with Crippen LogP contribution in [-0.4, -0.2) is 44.3 Å². The number of carbonyl (C=O) groups is 1. The van der Waals surface area contributed by atoms with Crippen molar-refractivity contribution >= 4 is 35.8 Å². The molecular formula is C19H29IN4O3. The van der Waals surface area contributed by atoms with Gasteiger partial charge < -0.3 is 25.4 Å². The van der Waals surface area contributed by atoms with E-state index in [2.05, 4.69) is 33.1 Å². The second kappa shape index (κ2) is 8.53. The SMILES string of the molecule is CN=C(NCC(=O)NC(C)(C)C)NCC1(c2ccc3c(c2)OCO3)CC1.I. The fourth-order valence-corrected chi connectivity index (χ4v) is 3.04. The maximum Gasteiger partial charge on any atom is 0.239 e. The van der Waals surface area contributed by atoms with Gasteiger partial charge in [-0.05, 0) is 51.3 Å². The molecule has 0 aromatic heterocycles. The summed E-state index contributed by atoms with van der Waals surface area (Å²) in [5.41, 5.74) is 1.09. The first-order valence-electron chi connectivity index (χ1n) is 8.97. The zero-order valence-corrected chi connectivity index (χ0v) is 18.7. The summed E-state index contributed by atoms with van der Waals surface area (Å²) in [7, 11) is 1.71. The number of amides is 1. The minimum absolute atomic E-state index is 0. The molecular weight excluding hydrogens is 459 g/mol. The van der Waals surface area contributed by atoms with E-state index in [9.17, 15) is 4.79 Å². The van der Waals surface area contributed by atoms with Crippen molar-refractivity contribution in [2.75, 3.05) is 26.9 Å². The van der Waals surface area contributed by atoms with E-state index in [1.807, 2.05) is 26.8 Å². The van der Waals surface area contributed by atoms with E-state index in [-0.39, 0.29) is 54.2 Å². The third-order valence-corrected chi connectivity index (χ3v) is 4.59. The van der Waals surface area contributed by atoms with Gasteiger partial charge in [-0.2, -0.15) is 0 Å². The highest BCUT2D eigenvalue weighted by Gasteiger charge is 2.44. The highest BCUT2D eigenvalue weighted by molar-refractivity contribution is 14.0. The van der Waals surface area contributed by atoms with Gasteiger partial charge in [0, 0.05) is 24.5 Å². The molecule has 1 aromatic rings. The van der Waals surface area contributed by atoms with Crippen molar-refractivity contribution in [2.45, 2.75) is 44.6 Å². The highest BCUT2D eigenvalue weighted by atomic mass is 127. The molecule has 0 spiro atoms. The summed E-state index contributed by atoms with van der Waals surface area (Å²) in [4.78, 5) is 16.1. The average molecular weight is 488 g/mol. The van der Waals surface area contributed by atoms with Crippen LogP contribution in [0.1, 0.15) is 39.2 Å². The van der Waals surface area contributed by atoms with Gasteiger partial charge in [0.1, 0.15) is 0 Å². The van der Waals surface area contributed by atoms with E-state index < -0.39 is 0 Å². The van der Waals surface area contributed by atoms with Crippen LogP contribution in [0.5, 0.6) is 11.5 Å². The molecule has 0 saturated heterocycles. The van der Waals surface area contributed by atoms with Crippen molar-refractivity contribution in [3.05, 3.63) is 23.8 Å². The zero-order chi connectivity index (χ0) is 18.8. The van der Waals surface area contributed by atoms with Crippen LogP contribution in [0.15, 0.2) is 23.2 Å². The molecule has 3 rings (SSSR count). The van der Waals surface area contributed by atoms with Crippen LogP contribution >= 0.6 is 24.0 Å². The summed E-state index contributed by atoms with van der Waals surface area (Å²) in [5.74, 6) is 2.19. The first-order valence-corrected chi connectivity index (χ1v) is 8.97. The fraction of sp³-hybridized carbons (Fsp3) is 0.579. The molecule has 1 amide bonds. The number of fused-ring (bicyclic) bond motifs is 1. The van der Waals surface area contributed by atoms with Gasteiger partial charge in [0.15, 0.2) is 17.5 Å². The Kier molecular flexibility index (Phi) is 6.82. The van der Waals surface area contributed by atoms with Crippen molar-refractivity contribution in [1.29, 1.82) is 0 Å². The normalized spacial score (nSPS) is 17.0. The summed E-state index contributed by atoms with van der Waals surface area (Å²) in [6, 6.07) is 6.15.